The fourth-order valence-corrected chi connectivity index (χ4v) is 1.30. The smallest absolute Gasteiger partial charge is 0.161 e. The average molecular weight is 222 g/mol. The molecule has 16 heavy (non-hydrogen) atoms. The second-order valence-electron chi connectivity index (χ2n) is 3.39. The van der Waals surface area contributed by atoms with E-state index in [-0.39, 0.29) is 0 Å². The van der Waals surface area contributed by atoms with Gasteiger partial charge in [-0.25, -0.2) is 0 Å². The predicted octanol–water partition coefficient (Wildman–Crippen LogP) is 2.17. The second-order valence-corrected chi connectivity index (χ2v) is 3.39. The molecule has 0 aromatic heterocycles. The molecule has 0 saturated carbocycles. The van der Waals surface area contributed by atoms with Gasteiger partial charge in [0.05, 0.1) is 19.9 Å². The quantitative estimate of drug-likeness (QED) is 0.347. The maximum Gasteiger partial charge on any atom is 0.161 e. The maximum absolute atomic E-state index is 5.60. The van der Waals surface area contributed by atoms with Crippen molar-refractivity contribution >= 4 is 6.21 Å². The highest BCUT2D eigenvalue weighted by Crippen LogP contribution is 2.27. The second kappa shape index (κ2) is 6.71. The van der Waals surface area contributed by atoms with Gasteiger partial charge in [0.25, 0.3) is 0 Å². The predicted molar refractivity (Wildman–Crippen MR) is 65.2 cm³/mol. The molecule has 0 atom stereocenters. The molecule has 0 amide bonds. The molecule has 0 aliphatic rings. The Hall–Kier alpha value is -1.71. The van der Waals surface area contributed by atoms with Gasteiger partial charge in [0.2, 0.25) is 0 Å². The number of rotatable bonds is 6. The fourth-order valence-electron chi connectivity index (χ4n) is 1.30. The molecule has 0 fully saturated rings. The lowest BCUT2D eigenvalue weighted by Crippen LogP contribution is -1.99. The molecule has 0 bridgehead atoms. The minimum atomic E-state index is 0.702. The van der Waals surface area contributed by atoms with Crippen LogP contribution < -0.4 is 15.3 Å². The molecular weight excluding hydrogens is 204 g/mol. The van der Waals surface area contributed by atoms with Gasteiger partial charge in [-0.2, -0.15) is 5.10 Å². The van der Waals surface area contributed by atoms with Crippen LogP contribution in [0.3, 0.4) is 0 Å². The van der Waals surface area contributed by atoms with Crippen molar-refractivity contribution in [2.24, 2.45) is 10.9 Å². The minimum Gasteiger partial charge on any atom is -0.493 e. The molecule has 0 spiro atoms. The van der Waals surface area contributed by atoms with Crippen LogP contribution in [0.2, 0.25) is 0 Å². The van der Waals surface area contributed by atoms with Crippen LogP contribution in [0.5, 0.6) is 11.5 Å². The number of hydrogen-bond donors (Lipinski definition) is 1. The number of nitrogens with two attached hydrogens (primary N) is 1. The minimum absolute atomic E-state index is 0.702. The summed E-state index contributed by atoms with van der Waals surface area (Å²) in [5.41, 5.74) is 0.891. The van der Waals surface area contributed by atoms with E-state index in [0.29, 0.717) is 12.4 Å². The van der Waals surface area contributed by atoms with Crippen molar-refractivity contribution in [1.29, 1.82) is 0 Å². The number of unbranched alkanes of at least 4 members (excludes halogenated alkanes) is 1. The monoisotopic (exact) mass is 222 g/mol. The lowest BCUT2D eigenvalue weighted by Gasteiger charge is -2.10. The van der Waals surface area contributed by atoms with E-state index in [4.69, 9.17) is 15.3 Å². The van der Waals surface area contributed by atoms with E-state index in [1.807, 2.05) is 18.2 Å². The summed E-state index contributed by atoms with van der Waals surface area (Å²) >= 11 is 0. The zero-order chi connectivity index (χ0) is 11.8. The first-order chi connectivity index (χ1) is 7.81. The van der Waals surface area contributed by atoms with Gasteiger partial charge in [-0.3, -0.25) is 0 Å². The number of nitrogens with zero attached hydrogens (tertiary/aromatic N) is 1. The molecular formula is C12H18N2O2. The number of methoxy groups -OCH3 is 1. The maximum atomic E-state index is 5.60. The Morgan fingerprint density at radius 2 is 2.19 bits per heavy atom. The Morgan fingerprint density at radius 1 is 1.38 bits per heavy atom. The molecule has 4 nitrogen and oxygen atoms in total. The largest absolute Gasteiger partial charge is 0.493 e. The molecule has 0 heterocycles. The summed E-state index contributed by atoms with van der Waals surface area (Å²) in [6, 6.07) is 5.60. The van der Waals surface area contributed by atoms with Crippen molar-refractivity contribution < 1.29 is 9.47 Å². The zero-order valence-corrected chi connectivity index (χ0v) is 9.77. The van der Waals surface area contributed by atoms with Crippen molar-refractivity contribution in [3.63, 3.8) is 0 Å². The van der Waals surface area contributed by atoms with Crippen LogP contribution in [0.25, 0.3) is 0 Å². The third kappa shape index (κ3) is 3.46. The Balaban J connectivity index is 2.76. The lowest BCUT2D eigenvalue weighted by molar-refractivity contribution is 0.288. The van der Waals surface area contributed by atoms with Gasteiger partial charge in [0.1, 0.15) is 0 Å². The molecule has 0 aliphatic heterocycles. The van der Waals surface area contributed by atoms with Gasteiger partial charge >= 0.3 is 0 Å². The van der Waals surface area contributed by atoms with Gasteiger partial charge in [-0.05, 0) is 30.2 Å². The van der Waals surface area contributed by atoms with Crippen LogP contribution in [0.4, 0.5) is 0 Å². The Labute approximate surface area is 96.1 Å². The molecule has 88 valence electrons. The molecule has 1 rings (SSSR count). The van der Waals surface area contributed by atoms with Gasteiger partial charge < -0.3 is 15.3 Å². The fraction of sp³-hybridized carbons (Fsp3) is 0.417. The Bertz CT molecular complexity index is 351. The average Bonchev–Trinajstić information content (AvgIpc) is 2.31. The zero-order valence-electron chi connectivity index (χ0n) is 9.77. The highest BCUT2D eigenvalue weighted by Gasteiger charge is 2.04. The van der Waals surface area contributed by atoms with Crippen LogP contribution in [-0.2, 0) is 0 Å². The summed E-state index contributed by atoms with van der Waals surface area (Å²) in [5, 5.41) is 3.47. The van der Waals surface area contributed by atoms with Crippen LogP contribution in [0.15, 0.2) is 23.3 Å². The van der Waals surface area contributed by atoms with E-state index in [0.717, 1.165) is 24.2 Å². The normalized spacial score (nSPS) is 10.6. The summed E-state index contributed by atoms with van der Waals surface area (Å²) in [6.07, 6.45) is 3.72. The van der Waals surface area contributed by atoms with Crippen molar-refractivity contribution in [2.75, 3.05) is 13.7 Å². The topological polar surface area (TPSA) is 56.8 Å². The number of benzene rings is 1. The molecule has 0 aliphatic carbocycles. The molecule has 1 aromatic carbocycles. The third-order valence-corrected chi connectivity index (χ3v) is 2.17. The van der Waals surface area contributed by atoms with Crippen molar-refractivity contribution in [3.05, 3.63) is 23.8 Å². The lowest BCUT2D eigenvalue weighted by atomic mass is 10.2. The SMILES string of the molecule is CCCCOc1ccc(C=NN)cc1OC. The first-order valence-electron chi connectivity index (χ1n) is 5.36. The van der Waals surface area contributed by atoms with Crippen LogP contribution >= 0.6 is 0 Å². The van der Waals surface area contributed by atoms with E-state index in [1.165, 1.54) is 0 Å². The highest BCUT2D eigenvalue weighted by atomic mass is 16.5. The molecule has 0 radical (unpaired) electrons. The number of hydrogen-bond acceptors (Lipinski definition) is 4. The van der Waals surface area contributed by atoms with Crippen LogP contribution in [-0.4, -0.2) is 19.9 Å². The summed E-state index contributed by atoms with van der Waals surface area (Å²) < 4.78 is 10.8. The van der Waals surface area contributed by atoms with E-state index >= 15 is 0 Å². The van der Waals surface area contributed by atoms with Crippen LogP contribution in [0.1, 0.15) is 25.3 Å². The van der Waals surface area contributed by atoms with Gasteiger partial charge in [-0.1, -0.05) is 13.3 Å². The van der Waals surface area contributed by atoms with E-state index in [2.05, 4.69) is 12.0 Å². The standard InChI is InChI=1S/C12H18N2O2/c1-3-4-7-16-11-6-5-10(9-14-13)8-12(11)15-2/h5-6,8-9H,3-4,7,13H2,1-2H3. The number of ether oxygens (including phenoxy) is 2. The first kappa shape index (κ1) is 12.4. The third-order valence-electron chi connectivity index (χ3n) is 2.17. The summed E-state index contributed by atoms with van der Waals surface area (Å²) in [7, 11) is 1.62. The molecule has 1 aromatic rings. The highest BCUT2D eigenvalue weighted by molar-refractivity contribution is 5.80. The summed E-state index contributed by atoms with van der Waals surface area (Å²) in [4.78, 5) is 0. The summed E-state index contributed by atoms with van der Waals surface area (Å²) in [5.74, 6) is 6.54. The Morgan fingerprint density at radius 3 is 2.81 bits per heavy atom. The van der Waals surface area contributed by atoms with Gasteiger partial charge in [0, 0.05) is 0 Å². The van der Waals surface area contributed by atoms with E-state index in [9.17, 15) is 0 Å². The molecule has 0 unspecified atom stereocenters. The molecule has 0 saturated heterocycles. The van der Waals surface area contributed by atoms with Crippen molar-refractivity contribution in [1.82, 2.24) is 0 Å². The molecule has 4 heteroatoms. The van der Waals surface area contributed by atoms with Gasteiger partial charge in [0.15, 0.2) is 11.5 Å². The molecule has 2 N–H and O–H groups in total. The van der Waals surface area contributed by atoms with Gasteiger partial charge in [-0.15, -0.1) is 0 Å². The van der Waals surface area contributed by atoms with Crippen molar-refractivity contribution in [3.8, 4) is 11.5 Å². The first-order valence-corrected chi connectivity index (χ1v) is 5.36. The number of hydrazone groups is 1. The summed E-state index contributed by atoms with van der Waals surface area (Å²) in [6.45, 7) is 2.83. The van der Waals surface area contributed by atoms with Crippen LogP contribution in [0, 0.1) is 0 Å². The van der Waals surface area contributed by atoms with E-state index < -0.39 is 0 Å². The van der Waals surface area contributed by atoms with Crippen molar-refractivity contribution in [2.45, 2.75) is 19.8 Å². The van der Waals surface area contributed by atoms with E-state index in [1.54, 1.807) is 13.3 Å². The Kier molecular flexibility index (Phi) is 5.19.